The summed E-state index contributed by atoms with van der Waals surface area (Å²) < 4.78 is 5.92. The summed E-state index contributed by atoms with van der Waals surface area (Å²) in [6, 6.07) is 15.6. The number of amides is 1. The zero-order valence-electron chi connectivity index (χ0n) is 13.7. The van der Waals surface area contributed by atoms with Gasteiger partial charge in [-0.15, -0.1) is 0 Å². The third-order valence-corrected chi connectivity index (χ3v) is 4.74. The third kappa shape index (κ3) is 2.68. The topological polar surface area (TPSA) is 46.3 Å². The molecule has 1 fully saturated rings. The summed E-state index contributed by atoms with van der Waals surface area (Å²) in [6.07, 6.45) is 1.98. The van der Waals surface area contributed by atoms with Gasteiger partial charge in [-0.05, 0) is 43.5 Å². The lowest BCUT2D eigenvalue weighted by Gasteiger charge is -2.31. The van der Waals surface area contributed by atoms with Crippen molar-refractivity contribution >= 4 is 17.0 Å². The lowest BCUT2D eigenvalue weighted by atomic mass is 9.96. The largest absolute Gasteiger partial charge is 0.440 e. The molecule has 1 atom stereocenters. The molecule has 0 spiro atoms. The van der Waals surface area contributed by atoms with Crippen LogP contribution in [0.1, 0.15) is 40.6 Å². The average Bonchev–Trinajstić information content (AvgIpc) is 3.06. The quantitative estimate of drug-likeness (QED) is 0.712. The molecule has 0 radical (unpaired) electrons. The average molecular weight is 320 g/mol. The fraction of sp³-hybridized carbons (Fsp3) is 0.300. The predicted molar refractivity (Wildman–Crippen MR) is 93.1 cm³/mol. The van der Waals surface area contributed by atoms with Crippen molar-refractivity contribution in [1.29, 1.82) is 0 Å². The van der Waals surface area contributed by atoms with E-state index < -0.39 is 0 Å². The molecule has 2 heterocycles. The Balaban J connectivity index is 1.57. The van der Waals surface area contributed by atoms with E-state index >= 15 is 0 Å². The molecule has 24 heavy (non-hydrogen) atoms. The van der Waals surface area contributed by atoms with Crippen LogP contribution in [0.2, 0.25) is 0 Å². The normalized spacial score (nSPS) is 18.0. The second-order valence-corrected chi connectivity index (χ2v) is 6.43. The first-order valence-corrected chi connectivity index (χ1v) is 8.43. The van der Waals surface area contributed by atoms with Crippen molar-refractivity contribution in [2.75, 3.05) is 13.1 Å². The van der Waals surface area contributed by atoms with Gasteiger partial charge in [-0.25, -0.2) is 4.98 Å². The minimum atomic E-state index is 0.105. The molecule has 4 rings (SSSR count). The Bertz CT molecular complexity index is 851. The van der Waals surface area contributed by atoms with Gasteiger partial charge in [0.15, 0.2) is 11.5 Å². The zero-order chi connectivity index (χ0) is 16.5. The van der Waals surface area contributed by atoms with Crippen molar-refractivity contribution in [1.82, 2.24) is 9.88 Å². The zero-order valence-corrected chi connectivity index (χ0v) is 13.7. The van der Waals surface area contributed by atoms with Gasteiger partial charge < -0.3 is 9.32 Å². The van der Waals surface area contributed by atoms with Crippen LogP contribution in [-0.4, -0.2) is 28.9 Å². The maximum absolute atomic E-state index is 12.8. The van der Waals surface area contributed by atoms with Gasteiger partial charge in [0.2, 0.25) is 0 Å². The van der Waals surface area contributed by atoms with Crippen LogP contribution in [0.3, 0.4) is 0 Å². The van der Waals surface area contributed by atoms with Crippen LogP contribution >= 0.6 is 0 Å². The molecule has 0 saturated carbocycles. The number of aromatic nitrogens is 1. The van der Waals surface area contributed by atoms with Crippen molar-refractivity contribution in [2.24, 2.45) is 0 Å². The molecule has 3 aromatic rings. The molecule has 0 unspecified atom stereocenters. The number of hydrogen-bond donors (Lipinski definition) is 0. The lowest BCUT2D eigenvalue weighted by molar-refractivity contribution is 0.0698. The van der Waals surface area contributed by atoms with Gasteiger partial charge in [0, 0.05) is 18.7 Å². The maximum atomic E-state index is 12.8. The van der Waals surface area contributed by atoms with E-state index in [9.17, 15) is 4.79 Å². The molecular formula is C20H20N2O2. The summed E-state index contributed by atoms with van der Waals surface area (Å²) in [5.74, 6) is 1.02. The Hall–Kier alpha value is -2.62. The molecule has 1 aromatic heterocycles. The smallest absolute Gasteiger partial charge is 0.254 e. The summed E-state index contributed by atoms with van der Waals surface area (Å²) in [4.78, 5) is 19.4. The maximum Gasteiger partial charge on any atom is 0.254 e. The fourth-order valence-corrected chi connectivity index (χ4v) is 3.41. The number of hydrogen-bond acceptors (Lipinski definition) is 3. The van der Waals surface area contributed by atoms with Crippen molar-refractivity contribution < 1.29 is 9.21 Å². The molecule has 4 heteroatoms. The summed E-state index contributed by atoms with van der Waals surface area (Å²) in [7, 11) is 0. The monoisotopic (exact) mass is 320 g/mol. The van der Waals surface area contributed by atoms with Crippen molar-refractivity contribution in [3.63, 3.8) is 0 Å². The van der Waals surface area contributed by atoms with Crippen LogP contribution in [0.5, 0.6) is 0 Å². The van der Waals surface area contributed by atoms with Gasteiger partial charge in [-0.2, -0.15) is 0 Å². The van der Waals surface area contributed by atoms with E-state index in [-0.39, 0.29) is 11.8 Å². The Morgan fingerprint density at radius 1 is 1.17 bits per heavy atom. The summed E-state index contributed by atoms with van der Waals surface area (Å²) >= 11 is 0. The van der Waals surface area contributed by atoms with E-state index in [1.165, 1.54) is 0 Å². The molecule has 1 amide bonds. The number of fused-ring (bicyclic) bond motifs is 1. The van der Waals surface area contributed by atoms with Gasteiger partial charge in [-0.3, -0.25) is 4.79 Å². The first kappa shape index (κ1) is 14.9. The van der Waals surface area contributed by atoms with E-state index in [2.05, 4.69) is 4.98 Å². The fourth-order valence-electron chi connectivity index (χ4n) is 3.41. The molecule has 1 saturated heterocycles. The summed E-state index contributed by atoms with van der Waals surface area (Å²) in [5.41, 5.74) is 3.51. The number of benzene rings is 2. The molecule has 0 bridgehead atoms. The van der Waals surface area contributed by atoms with Crippen LogP contribution in [0.15, 0.2) is 52.9 Å². The van der Waals surface area contributed by atoms with Crippen LogP contribution < -0.4 is 0 Å². The minimum Gasteiger partial charge on any atom is -0.440 e. The highest BCUT2D eigenvalue weighted by atomic mass is 16.3. The summed E-state index contributed by atoms with van der Waals surface area (Å²) in [5, 5.41) is 0. The van der Waals surface area contributed by atoms with Gasteiger partial charge in [-0.1, -0.05) is 30.3 Å². The van der Waals surface area contributed by atoms with Crippen LogP contribution in [-0.2, 0) is 0 Å². The lowest BCUT2D eigenvalue weighted by Crippen LogP contribution is -2.39. The number of rotatable bonds is 2. The highest BCUT2D eigenvalue weighted by molar-refractivity contribution is 5.95. The number of piperidine rings is 1. The van der Waals surface area contributed by atoms with E-state index in [1.54, 1.807) is 0 Å². The Kier molecular flexibility index (Phi) is 3.81. The number of para-hydroxylation sites is 2. The van der Waals surface area contributed by atoms with E-state index in [0.717, 1.165) is 47.5 Å². The number of carbonyl (C=O) groups is 1. The van der Waals surface area contributed by atoms with Gasteiger partial charge >= 0.3 is 0 Å². The second kappa shape index (κ2) is 6.11. The van der Waals surface area contributed by atoms with Crippen LogP contribution in [0, 0.1) is 6.92 Å². The Labute approximate surface area is 141 Å². The van der Waals surface area contributed by atoms with Gasteiger partial charge in [0.25, 0.3) is 5.91 Å². The molecule has 0 aliphatic carbocycles. The molecular weight excluding hydrogens is 300 g/mol. The van der Waals surface area contributed by atoms with E-state index in [4.69, 9.17) is 4.42 Å². The molecule has 0 N–H and O–H groups in total. The molecule has 1 aliphatic rings. The van der Waals surface area contributed by atoms with Crippen LogP contribution in [0.25, 0.3) is 11.1 Å². The standard InChI is InChI=1S/C20H20N2O2/c1-14-7-2-3-9-16(14)20(23)22-12-6-8-15(13-22)19-21-17-10-4-5-11-18(17)24-19/h2-5,7,9-11,15H,6,8,12-13H2,1H3/t15-/m1/s1. The van der Waals surface area contributed by atoms with Crippen molar-refractivity contribution in [2.45, 2.75) is 25.7 Å². The SMILES string of the molecule is Cc1ccccc1C(=O)N1CCC[C@@H](c2nc3ccccc3o2)C1. The number of aryl methyl sites for hydroxylation is 1. The number of nitrogens with zero attached hydrogens (tertiary/aromatic N) is 2. The Morgan fingerprint density at radius 3 is 2.79 bits per heavy atom. The van der Waals surface area contributed by atoms with Crippen molar-refractivity contribution in [3.8, 4) is 0 Å². The van der Waals surface area contributed by atoms with Gasteiger partial charge in [0.1, 0.15) is 5.52 Å². The number of oxazole rings is 1. The molecule has 122 valence electrons. The third-order valence-electron chi connectivity index (χ3n) is 4.74. The minimum absolute atomic E-state index is 0.105. The molecule has 2 aromatic carbocycles. The van der Waals surface area contributed by atoms with Gasteiger partial charge in [0.05, 0.1) is 5.92 Å². The second-order valence-electron chi connectivity index (χ2n) is 6.43. The predicted octanol–water partition coefficient (Wildman–Crippen LogP) is 4.16. The Morgan fingerprint density at radius 2 is 1.96 bits per heavy atom. The first-order chi connectivity index (χ1) is 11.7. The molecule has 4 nitrogen and oxygen atoms in total. The van der Waals surface area contributed by atoms with Crippen LogP contribution in [0.4, 0.5) is 0 Å². The van der Waals surface area contributed by atoms with Crippen molar-refractivity contribution in [3.05, 3.63) is 65.5 Å². The van der Waals surface area contributed by atoms with E-state index in [1.807, 2.05) is 60.4 Å². The van der Waals surface area contributed by atoms with E-state index in [0.29, 0.717) is 6.54 Å². The summed E-state index contributed by atoms with van der Waals surface area (Å²) in [6.45, 7) is 3.44. The number of likely N-dealkylation sites (tertiary alicyclic amines) is 1. The highest BCUT2D eigenvalue weighted by Gasteiger charge is 2.29. The molecule has 1 aliphatic heterocycles. The first-order valence-electron chi connectivity index (χ1n) is 8.43. The highest BCUT2D eigenvalue weighted by Crippen LogP contribution is 2.29. The number of carbonyl (C=O) groups excluding carboxylic acids is 1.